The molecule has 0 saturated carbocycles. The van der Waals surface area contributed by atoms with Crippen LogP contribution in [0.5, 0.6) is 5.75 Å². The molecule has 17 heavy (non-hydrogen) atoms. The van der Waals surface area contributed by atoms with Gasteiger partial charge in [-0.2, -0.15) is 0 Å². The van der Waals surface area contributed by atoms with Crippen molar-refractivity contribution in [1.29, 1.82) is 0 Å². The molecule has 0 aliphatic carbocycles. The quantitative estimate of drug-likeness (QED) is 0.826. The lowest BCUT2D eigenvalue weighted by Crippen LogP contribution is -2.29. The zero-order chi connectivity index (χ0) is 12.4. The predicted octanol–water partition coefficient (Wildman–Crippen LogP) is 3.09. The van der Waals surface area contributed by atoms with E-state index in [2.05, 4.69) is 5.32 Å². The van der Waals surface area contributed by atoms with E-state index in [9.17, 15) is 8.78 Å². The van der Waals surface area contributed by atoms with Gasteiger partial charge in [0.2, 0.25) is 0 Å². The Morgan fingerprint density at radius 3 is 2.76 bits per heavy atom. The molecule has 1 aromatic carbocycles. The first-order chi connectivity index (χ1) is 8.15. The van der Waals surface area contributed by atoms with Crippen molar-refractivity contribution in [2.24, 2.45) is 0 Å². The summed E-state index contributed by atoms with van der Waals surface area (Å²) in [5, 5.41) is 3.09. The second-order valence-electron chi connectivity index (χ2n) is 4.15. The third kappa shape index (κ3) is 2.38. The topological polar surface area (TPSA) is 21.3 Å². The van der Waals surface area contributed by atoms with E-state index in [0.717, 1.165) is 19.4 Å². The fraction of sp³-hybridized carbons (Fsp3) is 0.500. The Hall–Kier alpha value is -0.870. The van der Waals surface area contributed by atoms with Crippen LogP contribution in [0.1, 0.15) is 24.3 Å². The lowest BCUT2D eigenvalue weighted by Gasteiger charge is -2.24. The van der Waals surface area contributed by atoms with Gasteiger partial charge in [-0.25, -0.2) is 8.78 Å². The summed E-state index contributed by atoms with van der Waals surface area (Å²) >= 11 is 5.75. The third-order valence-corrected chi connectivity index (χ3v) is 3.36. The van der Waals surface area contributed by atoms with Crippen LogP contribution in [0.4, 0.5) is 8.78 Å². The van der Waals surface area contributed by atoms with Crippen molar-refractivity contribution in [1.82, 2.24) is 5.32 Å². The van der Waals surface area contributed by atoms with E-state index in [1.54, 1.807) is 0 Å². The molecular formula is C12H14ClF2NO. The number of rotatable bonds is 2. The van der Waals surface area contributed by atoms with Crippen molar-refractivity contribution >= 4 is 11.6 Å². The van der Waals surface area contributed by atoms with E-state index in [0.29, 0.717) is 12.1 Å². The number of hydrogen-bond donors (Lipinski definition) is 1. The predicted molar refractivity (Wildman–Crippen MR) is 62.8 cm³/mol. The highest BCUT2D eigenvalue weighted by Gasteiger charge is 2.24. The van der Waals surface area contributed by atoms with Crippen LogP contribution in [0, 0.1) is 11.6 Å². The third-order valence-electron chi connectivity index (χ3n) is 3.08. The number of ether oxygens (including phenoxy) is 1. The Bertz CT molecular complexity index is 419. The Labute approximate surface area is 104 Å². The molecule has 94 valence electrons. The van der Waals surface area contributed by atoms with Gasteiger partial charge in [0.25, 0.3) is 0 Å². The van der Waals surface area contributed by atoms with E-state index in [4.69, 9.17) is 16.3 Å². The summed E-state index contributed by atoms with van der Waals surface area (Å²) in [5.74, 6) is -1.84. The first-order valence-electron chi connectivity index (χ1n) is 5.57. The summed E-state index contributed by atoms with van der Waals surface area (Å²) in [4.78, 5) is 0. The smallest absolute Gasteiger partial charge is 0.192 e. The van der Waals surface area contributed by atoms with Gasteiger partial charge in [-0.15, -0.1) is 0 Å². The van der Waals surface area contributed by atoms with Gasteiger partial charge in [0.05, 0.1) is 12.1 Å². The Kier molecular flexibility index (Phi) is 3.84. The molecule has 0 bridgehead atoms. The average Bonchev–Trinajstić information content (AvgIpc) is 2.36. The normalized spacial score (nSPS) is 20.4. The standard InChI is InChI=1S/C12H14ClF2NO/c1-17-12-10(14)8(5-9(13)11(12)15)7-3-2-4-16-6-7/h5,7,16H,2-4,6H2,1H3. The number of hydrogen-bond acceptors (Lipinski definition) is 2. The lowest BCUT2D eigenvalue weighted by molar-refractivity contribution is 0.352. The maximum Gasteiger partial charge on any atom is 0.192 e. The molecule has 2 nitrogen and oxygen atoms in total. The molecule has 1 N–H and O–H groups in total. The van der Waals surface area contributed by atoms with Crippen molar-refractivity contribution in [2.75, 3.05) is 20.2 Å². The molecule has 5 heteroatoms. The van der Waals surface area contributed by atoms with Crippen LogP contribution in [0.2, 0.25) is 5.02 Å². The van der Waals surface area contributed by atoms with Crippen molar-refractivity contribution in [3.8, 4) is 5.75 Å². The summed E-state index contributed by atoms with van der Waals surface area (Å²) in [7, 11) is 1.24. The van der Waals surface area contributed by atoms with Crippen LogP contribution < -0.4 is 10.1 Å². The zero-order valence-electron chi connectivity index (χ0n) is 9.53. The number of halogens is 3. The first-order valence-corrected chi connectivity index (χ1v) is 5.95. The largest absolute Gasteiger partial charge is 0.491 e. The minimum Gasteiger partial charge on any atom is -0.491 e. The van der Waals surface area contributed by atoms with Crippen molar-refractivity contribution < 1.29 is 13.5 Å². The highest BCUT2D eigenvalue weighted by Crippen LogP contribution is 2.36. The van der Waals surface area contributed by atoms with Gasteiger partial charge in [-0.05, 0) is 36.9 Å². The van der Waals surface area contributed by atoms with Gasteiger partial charge in [-0.1, -0.05) is 11.6 Å². The second kappa shape index (κ2) is 5.19. The van der Waals surface area contributed by atoms with Gasteiger partial charge in [0, 0.05) is 6.54 Å². The van der Waals surface area contributed by atoms with Crippen LogP contribution in [-0.2, 0) is 0 Å². The molecule has 1 saturated heterocycles. The molecule has 0 amide bonds. The first kappa shape index (κ1) is 12.6. The van der Waals surface area contributed by atoms with E-state index >= 15 is 0 Å². The van der Waals surface area contributed by atoms with Gasteiger partial charge in [0.15, 0.2) is 17.4 Å². The van der Waals surface area contributed by atoms with Gasteiger partial charge in [-0.3, -0.25) is 0 Å². The van der Waals surface area contributed by atoms with Crippen molar-refractivity contribution in [3.63, 3.8) is 0 Å². The Balaban J connectivity index is 2.42. The van der Waals surface area contributed by atoms with Gasteiger partial charge in [0.1, 0.15) is 0 Å². The molecule has 2 rings (SSSR count). The van der Waals surface area contributed by atoms with E-state index in [-0.39, 0.29) is 10.9 Å². The molecule has 0 radical (unpaired) electrons. The molecule has 1 aromatic rings. The number of piperidine rings is 1. The molecule has 1 fully saturated rings. The summed E-state index contributed by atoms with van der Waals surface area (Å²) in [6.07, 6.45) is 1.84. The zero-order valence-corrected chi connectivity index (χ0v) is 10.3. The van der Waals surface area contributed by atoms with Crippen LogP contribution >= 0.6 is 11.6 Å². The maximum absolute atomic E-state index is 14.0. The number of methoxy groups -OCH3 is 1. The Morgan fingerprint density at radius 2 is 2.18 bits per heavy atom. The molecule has 1 aliphatic rings. The van der Waals surface area contributed by atoms with Crippen LogP contribution in [0.25, 0.3) is 0 Å². The molecule has 0 spiro atoms. The summed E-state index contributed by atoms with van der Waals surface area (Å²) in [5.41, 5.74) is 0.431. The SMILES string of the molecule is COc1c(F)c(Cl)cc(C2CCCNC2)c1F. The van der Waals surface area contributed by atoms with E-state index < -0.39 is 17.4 Å². The van der Waals surface area contributed by atoms with E-state index in [1.165, 1.54) is 13.2 Å². The lowest BCUT2D eigenvalue weighted by atomic mass is 9.91. The minimum absolute atomic E-state index is 0.0238. The molecule has 1 heterocycles. The summed E-state index contributed by atoms with van der Waals surface area (Å²) in [6, 6.07) is 1.37. The molecule has 1 unspecified atom stereocenters. The second-order valence-corrected chi connectivity index (χ2v) is 4.56. The average molecular weight is 262 g/mol. The molecule has 0 aromatic heterocycles. The number of nitrogens with one attached hydrogen (secondary N) is 1. The fourth-order valence-electron chi connectivity index (χ4n) is 2.19. The molecule has 1 aliphatic heterocycles. The van der Waals surface area contributed by atoms with Gasteiger partial charge < -0.3 is 10.1 Å². The van der Waals surface area contributed by atoms with Crippen molar-refractivity contribution in [3.05, 3.63) is 28.3 Å². The number of benzene rings is 1. The highest BCUT2D eigenvalue weighted by atomic mass is 35.5. The van der Waals surface area contributed by atoms with Crippen molar-refractivity contribution in [2.45, 2.75) is 18.8 Å². The maximum atomic E-state index is 14.0. The highest BCUT2D eigenvalue weighted by molar-refractivity contribution is 6.31. The monoisotopic (exact) mass is 261 g/mol. The van der Waals surface area contributed by atoms with E-state index in [1.807, 2.05) is 0 Å². The molecular weight excluding hydrogens is 248 g/mol. The minimum atomic E-state index is -0.834. The fourth-order valence-corrected chi connectivity index (χ4v) is 2.40. The summed E-state index contributed by atoms with van der Waals surface area (Å²) < 4.78 is 32.3. The molecule has 1 atom stereocenters. The van der Waals surface area contributed by atoms with Gasteiger partial charge >= 0.3 is 0 Å². The van der Waals surface area contributed by atoms with Crippen LogP contribution in [0.3, 0.4) is 0 Å². The summed E-state index contributed by atoms with van der Waals surface area (Å²) in [6.45, 7) is 1.62. The van der Waals surface area contributed by atoms with Crippen LogP contribution in [-0.4, -0.2) is 20.2 Å². The van der Waals surface area contributed by atoms with Crippen LogP contribution in [0.15, 0.2) is 6.07 Å². The Morgan fingerprint density at radius 1 is 1.41 bits per heavy atom.